The average Bonchev–Trinajstić information content (AvgIpc) is 2.91. The molecule has 0 aromatic rings. The van der Waals surface area contributed by atoms with E-state index in [1.54, 1.807) is 0 Å². The van der Waals surface area contributed by atoms with Gasteiger partial charge in [-0.05, 0) is 19.0 Å². The highest BCUT2D eigenvalue weighted by molar-refractivity contribution is 4.72. The van der Waals surface area contributed by atoms with Crippen LogP contribution in [0.4, 0.5) is 0 Å². The molecule has 1 fully saturated rings. The first kappa shape index (κ1) is 13.0. The highest BCUT2D eigenvalue weighted by Crippen LogP contribution is 2.33. The van der Waals surface area contributed by atoms with Crippen LogP contribution in [0.2, 0.25) is 0 Å². The molecule has 1 saturated carbocycles. The minimum absolute atomic E-state index is 1.09. The van der Waals surface area contributed by atoms with Crippen molar-refractivity contribution in [3.63, 3.8) is 0 Å². The fraction of sp³-hybridized carbons (Fsp3) is 1.00. The summed E-state index contributed by atoms with van der Waals surface area (Å²) in [4.78, 5) is 0. The summed E-state index contributed by atoms with van der Waals surface area (Å²) in [7, 11) is 0. The van der Waals surface area contributed by atoms with Gasteiger partial charge in [0.2, 0.25) is 0 Å². The van der Waals surface area contributed by atoms with Gasteiger partial charge in [-0.3, -0.25) is 0 Å². The first-order valence-corrected chi connectivity index (χ1v) is 6.05. The lowest BCUT2D eigenvalue weighted by molar-refractivity contribution is 0.620. The molecule has 0 radical (unpaired) electrons. The molecule has 13 heavy (non-hydrogen) atoms. The van der Waals surface area contributed by atoms with Crippen molar-refractivity contribution in [2.24, 2.45) is 5.92 Å². The van der Waals surface area contributed by atoms with Crippen molar-refractivity contribution in [3.05, 3.63) is 0 Å². The first-order valence-electron chi connectivity index (χ1n) is 6.05. The fourth-order valence-corrected chi connectivity index (χ4v) is 1.34. The summed E-state index contributed by atoms with van der Waals surface area (Å²) in [5.74, 6) is 1.15. The van der Waals surface area contributed by atoms with Gasteiger partial charge in [0.15, 0.2) is 0 Å². The van der Waals surface area contributed by atoms with Crippen LogP contribution < -0.4 is 5.32 Å². The Bertz CT molecular complexity index is 85.1. The molecule has 0 aliphatic heterocycles. The molecule has 1 aliphatic rings. The Labute approximate surface area is 84.3 Å². The predicted molar refractivity (Wildman–Crippen MR) is 61.1 cm³/mol. The Morgan fingerprint density at radius 2 is 1.62 bits per heavy atom. The number of rotatable bonds is 6. The molecule has 0 bridgehead atoms. The zero-order valence-corrected chi connectivity index (χ0v) is 9.73. The topological polar surface area (TPSA) is 12.0 Å². The van der Waals surface area contributed by atoms with Crippen molar-refractivity contribution in [1.82, 2.24) is 5.32 Å². The fourth-order valence-electron chi connectivity index (χ4n) is 1.34. The predicted octanol–water partition coefficient (Wildman–Crippen LogP) is 3.59. The standard InChI is InChI=1S/C8H16.C4H11N/c1-2-3-4-5-8-6-7-8;1-3-5-4-2/h8H,2-7H2,1H3;5H,3-4H2,1-2H3. The van der Waals surface area contributed by atoms with Crippen LogP contribution in [0.1, 0.15) is 59.3 Å². The Morgan fingerprint density at radius 3 is 1.92 bits per heavy atom. The lowest BCUT2D eigenvalue weighted by atomic mass is 10.1. The summed E-state index contributed by atoms with van der Waals surface area (Å²) < 4.78 is 0. The number of hydrogen-bond donors (Lipinski definition) is 1. The van der Waals surface area contributed by atoms with Crippen LogP contribution in [0.5, 0.6) is 0 Å². The van der Waals surface area contributed by atoms with E-state index in [1.165, 1.54) is 38.5 Å². The minimum Gasteiger partial charge on any atom is -0.317 e. The summed E-state index contributed by atoms with van der Waals surface area (Å²) in [6, 6.07) is 0. The van der Waals surface area contributed by atoms with Gasteiger partial charge in [0, 0.05) is 0 Å². The minimum atomic E-state index is 1.09. The van der Waals surface area contributed by atoms with Crippen LogP contribution >= 0.6 is 0 Å². The molecule has 0 aromatic carbocycles. The van der Waals surface area contributed by atoms with E-state index in [1.807, 2.05) is 0 Å². The molecular weight excluding hydrogens is 158 g/mol. The molecule has 0 spiro atoms. The maximum Gasteiger partial charge on any atom is -0.00775 e. The second-order valence-electron chi connectivity index (χ2n) is 3.90. The molecule has 0 atom stereocenters. The summed E-state index contributed by atoms with van der Waals surface area (Å²) in [6.07, 6.45) is 8.91. The second kappa shape index (κ2) is 10.0. The first-order chi connectivity index (χ1) is 6.35. The Kier molecular flexibility index (Phi) is 10.0. The number of hydrogen-bond acceptors (Lipinski definition) is 1. The van der Waals surface area contributed by atoms with Gasteiger partial charge in [0.1, 0.15) is 0 Å². The molecule has 1 heteroatoms. The van der Waals surface area contributed by atoms with Crippen LogP contribution in [-0.2, 0) is 0 Å². The van der Waals surface area contributed by atoms with E-state index in [4.69, 9.17) is 0 Å². The van der Waals surface area contributed by atoms with Crippen molar-refractivity contribution in [1.29, 1.82) is 0 Å². The van der Waals surface area contributed by atoms with E-state index in [9.17, 15) is 0 Å². The zero-order chi connectivity index (χ0) is 9.94. The molecular formula is C12H27N. The highest BCUT2D eigenvalue weighted by atomic mass is 14.8. The van der Waals surface area contributed by atoms with Crippen LogP contribution in [-0.4, -0.2) is 13.1 Å². The van der Waals surface area contributed by atoms with E-state index >= 15 is 0 Å². The quantitative estimate of drug-likeness (QED) is 0.624. The molecule has 0 aromatic heterocycles. The Morgan fingerprint density at radius 1 is 1.00 bits per heavy atom. The lowest BCUT2D eigenvalue weighted by Crippen LogP contribution is -2.09. The molecule has 80 valence electrons. The maximum absolute atomic E-state index is 3.11. The molecule has 1 rings (SSSR count). The molecule has 0 amide bonds. The van der Waals surface area contributed by atoms with Crippen LogP contribution in [0.3, 0.4) is 0 Å². The van der Waals surface area contributed by atoms with E-state index in [2.05, 4.69) is 26.1 Å². The Balaban J connectivity index is 0.000000252. The molecule has 1 N–H and O–H groups in total. The van der Waals surface area contributed by atoms with Crippen molar-refractivity contribution in [2.75, 3.05) is 13.1 Å². The largest absolute Gasteiger partial charge is 0.317 e. The van der Waals surface area contributed by atoms with Gasteiger partial charge >= 0.3 is 0 Å². The SMILES string of the molecule is CCCCCC1CC1.CCNCC. The van der Waals surface area contributed by atoms with E-state index in [-0.39, 0.29) is 0 Å². The van der Waals surface area contributed by atoms with Gasteiger partial charge in [0.05, 0.1) is 0 Å². The third-order valence-corrected chi connectivity index (χ3v) is 2.41. The van der Waals surface area contributed by atoms with Crippen molar-refractivity contribution in [3.8, 4) is 0 Å². The maximum atomic E-state index is 3.11. The highest BCUT2D eigenvalue weighted by Gasteiger charge is 2.19. The van der Waals surface area contributed by atoms with Crippen molar-refractivity contribution >= 4 is 0 Å². The summed E-state index contributed by atoms with van der Waals surface area (Å²) in [6.45, 7) is 8.66. The third-order valence-electron chi connectivity index (χ3n) is 2.41. The van der Waals surface area contributed by atoms with Gasteiger partial charge in [0.25, 0.3) is 0 Å². The van der Waals surface area contributed by atoms with E-state index in [0.29, 0.717) is 0 Å². The average molecular weight is 185 g/mol. The third kappa shape index (κ3) is 12.0. The second-order valence-corrected chi connectivity index (χ2v) is 3.90. The monoisotopic (exact) mass is 185 g/mol. The smallest absolute Gasteiger partial charge is 0.00775 e. The van der Waals surface area contributed by atoms with Gasteiger partial charge < -0.3 is 5.32 Å². The zero-order valence-electron chi connectivity index (χ0n) is 9.73. The molecule has 1 aliphatic carbocycles. The molecule has 0 unspecified atom stereocenters. The van der Waals surface area contributed by atoms with Crippen LogP contribution in [0.25, 0.3) is 0 Å². The lowest BCUT2D eigenvalue weighted by Gasteiger charge is -1.92. The molecule has 0 saturated heterocycles. The van der Waals surface area contributed by atoms with Gasteiger partial charge in [-0.25, -0.2) is 0 Å². The van der Waals surface area contributed by atoms with Gasteiger partial charge in [-0.2, -0.15) is 0 Å². The summed E-state index contributed by atoms with van der Waals surface area (Å²) >= 11 is 0. The van der Waals surface area contributed by atoms with Crippen molar-refractivity contribution < 1.29 is 0 Å². The molecule has 0 heterocycles. The van der Waals surface area contributed by atoms with Crippen LogP contribution in [0, 0.1) is 5.92 Å². The Hall–Kier alpha value is -0.0400. The van der Waals surface area contributed by atoms with E-state index in [0.717, 1.165) is 19.0 Å². The van der Waals surface area contributed by atoms with Gasteiger partial charge in [-0.1, -0.05) is 59.3 Å². The number of unbranched alkanes of at least 4 members (excludes halogenated alkanes) is 2. The molecule has 1 nitrogen and oxygen atoms in total. The summed E-state index contributed by atoms with van der Waals surface area (Å²) in [5.41, 5.74) is 0. The number of nitrogens with one attached hydrogen (secondary N) is 1. The van der Waals surface area contributed by atoms with Crippen molar-refractivity contribution in [2.45, 2.75) is 59.3 Å². The van der Waals surface area contributed by atoms with Gasteiger partial charge in [-0.15, -0.1) is 0 Å². The normalized spacial score (nSPS) is 15.0. The van der Waals surface area contributed by atoms with E-state index < -0.39 is 0 Å². The van der Waals surface area contributed by atoms with Crippen LogP contribution in [0.15, 0.2) is 0 Å². The summed E-state index contributed by atoms with van der Waals surface area (Å²) in [5, 5.41) is 3.11.